The summed E-state index contributed by atoms with van der Waals surface area (Å²) >= 11 is 0. The number of para-hydroxylation sites is 1. The van der Waals surface area contributed by atoms with Crippen molar-refractivity contribution in [3.8, 4) is 11.4 Å². The Bertz CT molecular complexity index is 898. The van der Waals surface area contributed by atoms with Gasteiger partial charge in [0.05, 0.1) is 17.6 Å². The molecule has 5 heteroatoms. The van der Waals surface area contributed by atoms with Crippen LogP contribution in [0.1, 0.15) is 12.8 Å². The van der Waals surface area contributed by atoms with Gasteiger partial charge in [-0.3, -0.25) is 9.69 Å². The molecule has 0 atom stereocenters. The Hall–Kier alpha value is -2.66. The standard InChI is InChI=1S/C19H20N4O/c24-19-16-10-4-5-11-17(16)21-18(15-8-2-1-3-9-15)23(19)20-14-22-12-6-7-13-22/h1-5,8-11,20H,6-7,12-14H2. The third kappa shape index (κ3) is 2.78. The minimum absolute atomic E-state index is 0.0568. The molecule has 1 aromatic heterocycles. The Labute approximate surface area is 140 Å². The summed E-state index contributed by atoms with van der Waals surface area (Å²) in [4.78, 5) is 20.0. The van der Waals surface area contributed by atoms with Crippen molar-refractivity contribution in [3.63, 3.8) is 0 Å². The molecule has 1 fully saturated rings. The van der Waals surface area contributed by atoms with Gasteiger partial charge in [-0.25, -0.2) is 9.66 Å². The van der Waals surface area contributed by atoms with Crippen LogP contribution in [-0.2, 0) is 0 Å². The van der Waals surface area contributed by atoms with Crippen molar-refractivity contribution in [2.45, 2.75) is 12.8 Å². The molecule has 3 aromatic rings. The smallest absolute Gasteiger partial charge is 0.280 e. The second kappa shape index (κ2) is 6.45. The molecule has 0 aliphatic carbocycles. The largest absolute Gasteiger partial charge is 0.307 e. The van der Waals surface area contributed by atoms with Gasteiger partial charge in [-0.2, -0.15) is 0 Å². The number of rotatable bonds is 4. The third-order valence-corrected chi connectivity index (χ3v) is 4.46. The lowest BCUT2D eigenvalue weighted by Gasteiger charge is -2.20. The van der Waals surface area contributed by atoms with Crippen LogP contribution >= 0.6 is 0 Å². The molecule has 0 unspecified atom stereocenters. The van der Waals surface area contributed by atoms with Gasteiger partial charge in [0.2, 0.25) is 0 Å². The van der Waals surface area contributed by atoms with E-state index >= 15 is 0 Å². The Kier molecular flexibility index (Phi) is 4.01. The monoisotopic (exact) mass is 320 g/mol. The normalized spacial score (nSPS) is 15.0. The van der Waals surface area contributed by atoms with Gasteiger partial charge in [-0.05, 0) is 38.1 Å². The van der Waals surface area contributed by atoms with Gasteiger partial charge in [0.1, 0.15) is 0 Å². The van der Waals surface area contributed by atoms with E-state index in [-0.39, 0.29) is 5.56 Å². The summed E-state index contributed by atoms with van der Waals surface area (Å²) < 4.78 is 1.59. The van der Waals surface area contributed by atoms with Crippen LogP contribution in [0.4, 0.5) is 0 Å². The summed E-state index contributed by atoms with van der Waals surface area (Å²) in [7, 11) is 0. The molecule has 1 saturated heterocycles. The number of fused-ring (bicyclic) bond motifs is 1. The van der Waals surface area contributed by atoms with Crippen LogP contribution < -0.4 is 11.0 Å². The van der Waals surface area contributed by atoms with E-state index in [1.165, 1.54) is 12.8 Å². The Morgan fingerprint density at radius 3 is 2.46 bits per heavy atom. The molecule has 24 heavy (non-hydrogen) atoms. The van der Waals surface area contributed by atoms with Gasteiger partial charge < -0.3 is 5.43 Å². The molecule has 2 aromatic carbocycles. The molecule has 1 aliphatic rings. The van der Waals surface area contributed by atoms with Gasteiger partial charge in [0, 0.05) is 5.56 Å². The van der Waals surface area contributed by atoms with Gasteiger partial charge in [0.15, 0.2) is 5.82 Å². The first-order valence-electron chi connectivity index (χ1n) is 8.36. The Morgan fingerprint density at radius 2 is 1.67 bits per heavy atom. The summed E-state index contributed by atoms with van der Waals surface area (Å²) in [6.45, 7) is 2.80. The van der Waals surface area contributed by atoms with Crippen molar-refractivity contribution in [1.82, 2.24) is 14.6 Å². The lowest BCUT2D eigenvalue weighted by atomic mass is 10.2. The number of likely N-dealkylation sites (tertiary alicyclic amines) is 1. The van der Waals surface area contributed by atoms with E-state index in [9.17, 15) is 4.79 Å². The van der Waals surface area contributed by atoms with Crippen molar-refractivity contribution >= 4 is 10.9 Å². The number of nitrogens with zero attached hydrogens (tertiary/aromatic N) is 3. The second-order valence-corrected chi connectivity index (χ2v) is 6.10. The number of aromatic nitrogens is 2. The zero-order valence-electron chi connectivity index (χ0n) is 13.5. The highest BCUT2D eigenvalue weighted by Gasteiger charge is 2.15. The zero-order valence-corrected chi connectivity index (χ0v) is 13.5. The fourth-order valence-electron chi connectivity index (χ4n) is 3.17. The van der Waals surface area contributed by atoms with Gasteiger partial charge in [0.25, 0.3) is 5.56 Å². The molecule has 0 saturated carbocycles. The molecule has 0 spiro atoms. The first-order chi connectivity index (χ1) is 11.8. The van der Waals surface area contributed by atoms with E-state index in [1.54, 1.807) is 4.68 Å². The fourth-order valence-corrected chi connectivity index (χ4v) is 3.17. The van der Waals surface area contributed by atoms with Crippen LogP contribution in [0.25, 0.3) is 22.3 Å². The lowest BCUT2D eigenvalue weighted by Crippen LogP contribution is -2.38. The van der Waals surface area contributed by atoms with Gasteiger partial charge in [-0.1, -0.05) is 42.5 Å². The highest BCUT2D eigenvalue weighted by molar-refractivity contribution is 5.79. The van der Waals surface area contributed by atoms with Crippen LogP contribution in [0, 0.1) is 0 Å². The van der Waals surface area contributed by atoms with Crippen molar-refractivity contribution in [3.05, 3.63) is 65.0 Å². The van der Waals surface area contributed by atoms with Gasteiger partial charge >= 0.3 is 0 Å². The van der Waals surface area contributed by atoms with Crippen molar-refractivity contribution < 1.29 is 0 Å². The van der Waals surface area contributed by atoms with Crippen LogP contribution in [0.3, 0.4) is 0 Å². The van der Waals surface area contributed by atoms with Crippen molar-refractivity contribution in [1.29, 1.82) is 0 Å². The quantitative estimate of drug-likeness (QED) is 0.803. The van der Waals surface area contributed by atoms with Crippen LogP contribution in [-0.4, -0.2) is 34.3 Å². The molecule has 4 rings (SSSR count). The topological polar surface area (TPSA) is 50.2 Å². The maximum Gasteiger partial charge on any atom is 0.280 e. The van der Waals surface area contributed by atoms with E-state index in [1.807, 2.05) is 54.6 Å². The number of benzene rings is 2. The average molecular weight is 320 g/mol. The fraction of sp³-hybridized carbons (Fsp3) is 0.263. The highest BCUT2D eigenvalue weighted by Crippen LogP contribution is 2.18. The minimum atomic E-state index is -0.0568. The number of nitrogens with one attached hydrogen (secondary N) is 1. The molecular weight excluding hydrogens is 300 g/mol. The first-order valence-corrected chi connectivity index (χ1v) is 8.36. The average Bonchev–Trinajstić information content (AvgIpc) is 3.15. The van der Waals surface area contributed by atoms with Crippen molar-refractivity contribution in [2.75, 3.05) is 25.2 Å². The highest BCUT2D eigenvalue weighted by atomic mass is 16.1. The van der Waals surface area contributed by atoms with E-state index in [0.717, 1.165) is 24.2 Å². The maximum atomic E-state index is 13.0. The van der Waals surface area contributed by atoms with E-state index < -0.39 is 0 Å². The maximum absolute atomic E-state index is 13.0. The Balaban J connectivity index is 1.81. The Morgan fingerprint density at radius 1 is 0.958 bits per heavy atom. The number of hydrogen-bond donors (Lipinski definition) is 1. The van der Waals surface area contributed by atoms with E-state index in [4.69, 9.17) is 4.98 Å². The SMILES string of the molecule is O=c1c2ccccc2nc(-c2ccccc2)n1NCN1CCCC1. The molecule has 1 N–H and O–H groups in total. The molecule has 0 bridgehead atoms. The van der Waals surface area contributed by atoms with Crippen LogP contribution in [0.5, 0.6) is 0 Å². The molecule has 2 heterocycles. The van der Waals surface area contributed by atoms with Crippen LogP contribution in [0.15, 0.2) is 59.4 Å². The summed E-state index contributed by atoms with van der Waals surface area (Å²) in [5.41, 5.74) is 4.87. The van der Waals surface area contributed by atoms with Gasteiger partial charge in [-0.15, -0.1) is 0 Å². The minimum Gasteiger partial charge on any atom is -0.307 e. The zero-order chi connectivity index (χ0) is 16.4. The summed E-state index contributed by atoms with van der Waals surface area (Å²) in [6, 6.07) is 17.3. The van der Waals surface area contributed by atoms with Crippen LogP contribution in [0.2, 0.25) is 0 Å². The molecule has 5 nitrogen and oxygen atoms in total. The second-order valence-electron chi connectivity index (χ2n) is 6.10. The van der Waals surface area contributed by atoms with E-state index in [0.29, 0.717) is 17.9 Å². The summed E-state index contributed by atoms with van der Waals surface area (Å²) in [6.07, 6.45) is 2.44. The molecule has 0 radical (unpaired) electrons. The molecule has 122 valence electrons. The predicted molar refractivity (Wildman–Crippen MR) is 96.5 cm³/mol. The molecule has 0 amide bonds. The van der Waals surface area contributed by atoms with E-state index in [2.05, 4.69) is 10.3 Å². The third-order valence-electron chi connectivity index (χ3n) is 4.46. The predicted octanol–water partition coefficient (Wildman–Crippen LogP) is 2.66. The van der Waals surface area contributed by atoms with Crippen molar-refractivity contribution in [2.24, 2.45) is 0 Å². The summed E-state index contributed by atoms with van der Waals surface area (Å²) in [5, 5.41) is 0.631. The number of hydrogen-bond acceptors (Lipinski definition) is 4. The lowest BCUT2D eigenvalue weighted by molar-refractivity contribution is 0.350. The molecular formula is C19H20N4O. The molecule has 1 aliphatic heterocycles. The summed E-state index contributed by atoms with van der Waals surface area (Å²) in [5.74, 6) is 0.651. The first kappa shape index (κ1) is 14.9.